The molecule has 178 valence electrons. The second-order valence-electron chi connectivity index (χ2n) is 7.14. The Labute approximate surface area is 200 Å². The van der Waals surface area contributed by atoms with Crippen molar-refractivity contribution in [1.29, 1.82) is 0 Å². The van der Waals surface area contributed by atoms with Crippen LogP contribution in [0.1, 0.15) is 17.5 Å². The van der Waals surface area contributed by atoms with Crippen LogP contribution in [0.25, 0.3) is 0 Å². The standard InChI is InChI=1S/C20H22Cl2N4O6S/c21-15-3-1-4-16(22)18(15)33(29,30)26-11-13-9-14(31-7-2-8-32-25-20(23)24)6-5-12(13)10-17(26)19(27)28/h1,3-6,9,17H,2,7-8,10-11H2,(H,27,28)(H4,23,24,25). The van der Waals surface area contributed by atoms with Crippen LogP contribution in [0.5, 0.6) is 5.75 Å². The molecular formula is C20H22Cl2N4O6S. The number of rotatable bonds is 9. The van der Waals surface area contributed by atoms with E-state index in [9.17, 15) is 18.3 Å². The lowest BCUT2D eigenvalue weighted by Gasteiger charge is -2.34. The van der Waals surface area contributed by atoms with Crippen LogP contribution in [0.15, 0.2) is 46.4 Å². The summed E-state index contributed by atoms with van der Waals surface area (Å²) >= 11 is 12.2. The number of carboxylic acids is 1. The third kappa shape index (κ3) is 5.80. The molecule has 0 radical (unpaired) electrons. The minimum absolute atomic E-state index is 0.0153. The first kappa shape index (κ1) is 24.9. The van der Waals surface area contributed by atoms with Crippen LogP contribution in [-0.2, 0) is 32.6 Å². The fourth-order valence-corrected chi connectivity index (χ4v) is 6.02. The number of oxime groups is 1. The number of nitrogens with two attached hydrogens (primary N) is 2. The maximum absolute atomic E-state index is 13.4. The van der Waals surface area contributed by atoms with E-state index in [4.69, 9.17) is 44.2 Å². The van der Waals surface area contributed by atoms with Gasteiger partial charge in [-0.05, 0) is 40.5 Å². The molecule has 1 atom stereocenters. The van der Waals surface area contributed by atoms with Gasteiger partial charge < -0.3 is 26.1 Å². The zero-order valence-electron chi connectivity index (χ0n) is 17.3. The SMILES string of the molecule is NC(N)=NOCCCOc1ccc2c(c1)CN(S(=O)(=O)c1c(Cl)cccc1Cl)C(C(=O)O)C2. The highest BCUT2D eigenvalue weighted by Gasteiger charge is 2.41. The molecule has 0 aromatic heterocycles. The summed E-state index contributed by atoms with van der Waals surface area (Å²) in [5.41, 5.74) is 11.6. The lowest BCUT2D eigenvalue weighted by molar-refractivity contribution is -0.141. The van der Waals surface area contributed by atoms with Crippen molar-refractivity contribution in [3.8, 4) is 5.75 Å². The monoisotopic (exact) mass is 516 g/mol. The fraction of sp³-hybridized carbons (Fsp3) is 0.300. The van der Waals surface area contributed by atoms with Crippen LogP contribution >= 0.6 is 23.2 Å². The predicted molar refractivity (Wildman–Crippen MR) is 123 cm³/mol. The normalized spacial score (nSPS) is 16.0. The average Bonchev–Trinajstić information content (AvgIpc) is 2.74. The Morgan fingerprint density at radius 3 is 2.48 bits per heavy atom. The first-order valence-corrected chi connectivity index (χ1v) is 11.9. The smallest absolute Gasteiger partial charge is 0.322 e. The molecule has 1 aliphatic rings. The number of halogens is 2. The topological polar surface area (TPSA) is 158 Å². The highest BCUT2D eigenvalue weighted by atomic mass is 35.5. The highest BCUT2D eigenvalue weighted by molar-refractivity contribution is 7.89. The van der Waals surface area contributed by atoms with Gasteiger partial charge in [-0.2, -0.15) is 4.31 Å². The summed E-state index contributed by atoms with van der Waals surface area (Å²) in [6.07, 6.45) is 0.485. The molecule has 2 aromatic rings. The molecule has 5 N–H and O–H groups in total. The lowest BCUT2D eigenvalue weighted by atomic mass is 9.95. The zero-order chi connectivity index (χ0) is 24.2. The molecule has 0 amide bonds. The van der Waals surface area contributed by atoms with Gasteiger partial charge in [-0.15, -0.1) is 0 Å². The number of sulfonamides is 1. The molecule has 1 unspecified atom stereocenters. The number of fused-ring (bicyclic) bond motifs is 1. The van der Waals surface area contributed by atoms with Crippen LogP contribution in [0, 0.1) is 0 Å². The summed E-state index contributed by atoms with van der Waals surface area (Å²) in [6, 6.07) is 8.08. The van der Waals surface area contributed by atoms with Crippen LogP contribution < -0.4 is 16.2 Å². The molecule has 13 heteroatoms. The Morgan fingerprint density at radius 1 is 1.15 bits per heavy atom. The molecule has 3 rings (SSSR count). The summed E-state index contributed by atoms with van der Waals surface area (Å²) in [4.78, 5) is 16.5. The van der Waals surface area contributed by atoms with Gasteiger partial charge in [0.15, 0.2) is 0 Å². The van der Waals surface area contributed by atoms with Crippen LogP contribution in [0.4, 0.5) is 0 Å². The molecule has 0 spiro atoms. The zero-order valence-corrected chi connectivity index (χ0v) is 19.6. The van der Waals surface area contributed by atoms with Crippen molar-refractivity contribution in [3.63, 3.8) is 0 Å². The van der Waals surface area contributed by atoms with Gasteiger partial charge in [0, 0.05) is 19.4 Å². The molecule has 33 heavy (non-hydrogen) atoms. The van der Waals surface area contributed by atoms with E-state index in [0.717, 1.165) is 4.31 Å². The van der Waals surface area contributed by atoms with E-state index in [1.165, 1.54) is 18.2 Å². The molecule has 0 saturated heterocycles. The van der Waals surface area contributed by atoms with Gasteiger partial charge in [0.25, 0.3) is 0 Å². The second-order valence-corrected chi connectivity index (χ2v) is 9.78. The summed E-state index contributed by atoms with van der Waals surface area (Å²) in [5, 5.41) is 13.0. The number of carbonyl (C=O) groups is 1. The first-order valence-electron chi connectivity index (χ1n) is 9.75. The van der Waals surface area contributed by atoms with Gasteiger partial charge >= 0.3 is 5.97 Å². The van der Waals surface area contributed by atoms with Gasteiger partial charge in [0.1, 0.15) is 23.3 Å². The minimum Gasteiger partial charge on any atom is -0.493 e. The molecule has 0 fully saturated rings. The minimum atomic E-state index is -4.31. The molecule has 10 nitrogen and oxygen atoms in total. The van der Waals surface area contributed by atoms with Gasteiger partial charge in [-0.1, -0.05) is 35.3 Å². The maximum Gasteiger partial charge on any atom is 0.322 e. The third-order valence-corrected chi connectivity index (χ3v) is 7.66. The molecule has 0 saturated carbocycles. The van der Waals surface area contributed by atoms with Crippen molar-refractivity contribution in [2.24, 2.45) is 16.6 Å². The first-order chi connectivity index (χ1) is 15.6. The van der Waals surface area contributed by atoms with Gasteiger partial charge in [-0.25, -0.2) is 8.42 Å². The fourth-order valence-electron chi connectivity index (χ4n) is 3.37. The van der Waals surface area contributed by atoms with E-state index in [0.29, 0.717) is 29.9 Å². The molecule has 1 aliphatic heterocycles. The Morgan fingerprint density at radius 2 is 1.85 bits per heavy atom. The van der Waals surface area contributed by atoms with Crippen molar-refractivity contribution in [2.45, 2.75) is 30.3 Å². The Kier molecular flexibility index (Phi) is 7.90. The van der Waals surface area contributed by atoms with Crippen LogP contribution in [0.2, 0.25) is 10.0 Å². The van der Waals surface area contributed by atoms with Crippen molar-refractivity contribution in [1.82, 2.24) is 4.31 Å². The van der Waals surface area contributed by atoms with Crippen LogP contribution in [0.3, 0.4) is 0 Å². The third-order valence-electron chi connectivity index (χ3n) is 4.85. The number of carboxylic acid groups (broad SMARTS) is 1. The number of nitrogens with zero attached hydrogens (tertiary/aromatic N) is 2. The van der Waals surface area contributed by atoms with E-state index in [-0.39, 0.29) is 40.5 Å². The molecule has 1 heterocycles. The van der Waals surface area contributed by atoms with Crippen LogP contribution in [-0.4, -0.2) is 49.0 Å². The van der Waals surface area contributed by atoms with Crippen molar-refractivity contribution in [2.75, 3.05) is 13.2 Å². The average molecular weight is 517 g/mol. The molecule has 0 aliphatic carbocycles. The van der Waals surface area contributed by atoms with E-state index in [1.807, 2.05) is 0 Å². The number of ether oxygens (including phenoxy) is 1. The van der Waals surface area contributed by atoms with Crippen molar-refractivity contribution < 1.29 is 27.9 Å². The number of hydrogen-bond donors (Lipinski definition) is 3. The Bertz CT molecular complexity index is 1150. The van der Waals surface area contributed by atoms with Gasteiger partial charge in [-0.3, -0.25) is 4.79 Å². The largest absolute Gasteiger partial charge is 0.493 e. The van der Waals surface area contributed by atoms with Crippen molar-refractivity contribution >= 4 is 45.2 Å². The number of hydrogen-bond acceptors (Lipinski definition) is 6. The van der Waals surface area contributed by atoms with E-state index in [2.05, 4.69) is 5.16 Å². The van der Waals surface area contributed by atoms with Gasteiger partial charge in [0.05, 0.1) is 16.7 Å². The highest BCUT2D eigenvalue weighted by Crippen LogP contribution is 2.36. The Balaban J connectivity index is 1.82. The summed E-state index contributed by atoms with van der Waals surface area (Å²) < 4.78 is 33.3. The van der Waals surface area contributed by atoms with E-state index in [1.54, 1.807) is 18.2 Å². The summed E-state index contributed by atoms with van der Waals surface area (Å²) in [7, 11) is -4.31. The number of benzene rings is 2. The molecule has 0 bridgehead atoms. The molecule has 2 aromatic carbocycles. The Hall–Kier alpha value is -2.73. The summed E-state index contributed by atoms with van der Waals surface area (Å²) in [6.45, 7) is 0.364. The summed E-state index contributed by atoms with van der Waals surface area (Å²) in [5.74, 6) is -0.950. The quantitative estimate of drug-likeness (QED) is 0.198. The second kappa shape index (κ2) is 10.5. The maximum atomic E-state index is 13.4. The van der Waals surface area contributed by atoms with Crippen molar-refractivity contribution in [3.05, 3.63) is 57.6 Å². The van der Waals surface area contributed by atoms with Gasteiger partial charge in [0.2, 0.25) is 16.0 Å². The predicted octanol–water partition coefficient (Wildman–Crippen LogP) is 2.17. The molecular weight excluding hydrogens is 495 g/mol. The number of aliphatic carboxylic acids is 1. The van der Waals surface area contributed by atoms with E-state index < -0.39 is 22.0 Å². The number of guanidine groups is 1. The van der Waals surface area contributed by atoms with E-state index >= 15 is 0 Å². The lowest BCUT2D eigenvalue weighted by Crippen LogP contribution is -2.48.